The molecule has 1 atom stereocenters. The summed E-state index contributed by atoms with van der Waals surface area (Å²) < 4.78 is 5.65. The molecule has 2 aromatic rings. The molecule has 1 aliphatic rings. The summed E-state index contributed by atoms with van der Waals surface area (Å²) in [6, 6.07) is 15.6. The minimum atomic E-state index is -0.186. The number of amides is 1. The molecular formula is C18H21ClN2O2. The number of benzene rings is 2. The number of carbonyl (C=O) groups is 1. The number of fused-ring (bicyclic) bond motifs is 1. The van der Waals surface area contributed by atoms with Crippen LogP contribution in [0.15, 0.2) is 48.5 Å². The third-order valence-electron chi connectivity index (χ3n) is 3.87. The van der Waals surface area contributed by atoms with E-state index >= 15 is 0 Å². The highest BCUT2D eigenvalue weighted by Crippen LogP contribution is 2.25. The van der Waals surface area contributed by atoms with Gasteiger partial charge in [0.15, 0.2) is 0 Å². The number of ether oxygens (including phenoxy) is 1. The van der Waals surface area contributed by atoms with Crippen molar-refractivity contribution in [3.05, 3.63) is 59.7 Å². The average Bonchev–Trinajstić information content (AvgIpc) is 2.79. The number of anilines is 1. The molecule has 0 aliphatic carbocycles. The summed E-state index contributed by atoms with van der Waals surface area (Å²) in [5, 5.41) is 6.28. The first-order valence-electron chi connectivity index (χ1n) is 7.56. The Morgan fingerprint density at radius 1 is 1.22 bits per heavy atom. The number of rotatable bonds is 3. The lowest BCUT2D eigenvalue weighted by Crippen LogP contribution is -2.19. The van der Waals surface area contributed by atoms with Crippen molar-refractivity contribution >= 4 is 24.0 Å². The zero-order valence-electron chi connectivity index (χ0n) is 13.0. The Morgan fingerprint density at radius 2 is 2.00 bits per heavy atom. The first-order chi connectivity index (χ1) is 10.7. The van der Waals surface area contributed by atoms with E-state index in [9.17, 15) is 4.79 Å². The lowest BCUT2D eigenvalue weighted by Gasteiger charge is -2.14. The van der Waals surface area contributed by atoms with Crippen LogP contribution in [0.2, 0.25) is 0 Å². The molecule has 1 heterocycles. The number of hydrogen-bond acceptors (Lipinski definition) is 3. The fraction of sp³-hybridized carbons (Fsp3) is 0.278. The maximum atomic E-state index is 12.4. The van der Waals surface area contributed by atoms with Gasteiger partial charge in [-0.25, -0.2) is 0 Å². The van der Waals surface area contributed by atoms with Crippen LogP contribution in [0.3, 0.4) is 0 Å². The van der Waals surface area contributed by atoms with Crippen molar-refractivity contribution in [1.29, 1.82) is 0 Å². The molecule has 0 saturated carbocycles. The number of nitrogens with one attached hydrogen (secondary N) is 2. The monoisotopic (exact) mass is 332 g/mol. The predicted octanol–water partition coefficient (Wildman–Crippen LogP) is 3.33. The second kappa shape index (κ2) is 7.99. The summed E-state index contributed by atoms with van der Waals surface area (Å²) in [5.41, 5.74) is 2.89. The summed E-state index contributed by atoms with van der Waals surface area (Å²) in [6.45, 7) is 4.18. The van der Waals surface area contributed by atoms with E-state index < -0.39 is 0 Å². The smallest absolute Gasteiger partial charge is 0.231 e. The second-order valence-electron chi connectivity index (χ2n) is 5.47. The molecule has 0 saturated heterocycles. The van der Waals surface area contributed by atoms with Crippen LogP contribution in [0, 0.1) is 0 Å². The van der Waals surface area contributed by atoms with Gasteiger partial charge in [-0.1, -0.05) is 30.3 Å². The Morgan fingerprint density at radius 3 is 2.78 bits per heavy atom. The van der Waals surface area contributed by atoms with E-state index in [0.717, 1.165) is 35.7 Å². The Labute approximate surface area is 142 Å². The highest BCUT2D eigenvalue weighted by atomic mass is 35.5. The Kier molecular flexibility index (Phi) is 6.02. The molecule has 3 rings (SSSR count). The van der Waals surface area contributed by atoms with Gasteiger partial charge in [0.1, 0.15) is 12.4 Å². The first-order valence-corrected chi connectivity index (χ1v) is 7.56. The summed E-state index contributed by atoms with van der Waals surface area (Å²) >= 11 is 0. The van der Waals surface area contributed by atoms with Crippen LogP contribution < -0.4 is 15.4 Å². The van der Waals surface area contributed by atoms with Gasteiger partial charge in [0, 0.05) is 24.3 Å². The van der Waals surface area contributed by atoms with Gasteiger partial charge >= 0.3 is 0 Å². The fourth-order valence-electron chi connectivity index (χ4n) is 2.54. The minimum Gasteiger partial charge on any atom is -0.492 e. The van der Waals surface area contributed by atoms with Crippen molar-refractivity contribution in [2.24, 2.45) is 0 Å². The molecule has 0 fully saturated rings. The summed E-state index contributed by atoms with van der Waals surface area (Å²) in [5.74, 6) is 0.696. The van der Waals surface area contributed by atoms with Crippen LogP contribution in [0.1, 0.15) is 24.0 Å². The molecule has 4 nitrogen and oxygen atoms in total. The summed E-state index contributed by atoms with van der Waals surface area (Å²) in [6.07, 6.45) is 0. The van der Waals surface area contributed by atoms with E-state index in [0.29, 0.717) is 6.61 Å². The van der Waals surface area contributed by atoms with E-state index in [1.54, 1.807) is 0 Å². The van der Waals surface area contributed by atoms with E-state index in [1.807, 2.05) is 55.5 Å². The fourth-order valence-corrected chi connectivity index (χ4v) is 2.54. The molecule has 23 heavy (non-hydrogen) atoms. The van der Waals surface area contributed by atoms with E-state index in [-0.39, 0.29) is 24.2 Å². The lowest BCUT2D eigenvalue weighted by atomic mass is 10.0. The molecule has 0 spiro atoms. The molecule has 1 aliphatic heterocycles. The molecule has 5 heteroatoms. The van der Waals surface area contributed by atoms with Gasteiger partial charge in [-0.3, -0.25) is 4.79 Å². The Bertz CT molecular complexity index is 661. The molecule has 0 bridgehead atoms. The van der Waals surface area contributed by atoms with Crippen molar-refractivity contribution < 1.29 is 9.53 Å². The molecule has 2 N–H and O–H groups in total. The lowest BCUT2D eigenvalue weighted by molar-refractivity contribution is -0.117. The third kappa shape index (κ3) is 4.24. The average molecular weight is 333 g/mol. The van der Waals surface area contributed by atoms with Gasteiger partial charge in [0.2, 0.25) is 5.91 Å². The van der Waals surface area contributed by atoms with Gasteiger partial charge in [0.05, 0.1) is 5.92 Å². The zero-order valence-corrected chi connectivity index (χ0v) is 13.9. The predicted molar refractivity (Wildman–Crippen MR) is 94.4 cm³/mol. The van der Waals surface area contributed by atoms with Crippen LogP contribution in [0.5, 0.6) is 5.75 Å². The zero-order chi connectivity index (χ0) is 15.4. The van der Waals surface area contributed by atoms with Crippen molar-refractivity contribution in [3.8, 4) is 5.75 Å². The maximum absolute atomic E-state index is 12.4. The SMILES string of the molecule is CC(C(=O)Nc1ccc2c(c1)CNCCO2)c1ccccc1.Cl. The largest absolute Gasteiger partial charge is 0.492 e. The molecule has 0 aromatic heterocycles. The number of halogens is 1. The van der Waals surface area contributed by atoms with Crippen molar-refractivity contribution in [1.82, 2.24) is 5.32 Å². The molecule has 0 radical (unpaired) electrons. The van der Waals surface area contributed by atoms with Crippen LogP contribution in [0.4, 0.5) is 5.69 Å². The van der Waals surface area contributed by atoms with Gasteiger partial charge in [-0.2, -0.15) is 0 Å². The number of hydrogen-bond donors (Lipinski definition) is 2. The molecular weight excluding hydrogens is 312 g/mol. The van der Waals surface area contributed by atoms with E-state index in [2.05, 4.69) is 10.6 Å². The molecule has 2 aromatic carbocycles. The second-order valence-corrected chi connectivity index (χ2v) is 5.47. The van der Waals surface area contributed by atoms with Crippen LogP contribution in [0.25, 0.3) is 0 Å². The van der Waals surface area contributed by atoms with Crippen molar-refractivity contribution in [3.63, 3.8) is 0 Å². The summed E-state index contributed by atoms with van der Waals surface area (Å²) in [4.78, 5) is 12.4. The van der Waals surface area contributed by atoms with Gasteiger partial charge < -0.3 is 15.4 Å². The van der Waals surface area contributed by atoms with Crippen LogP contribution >= 0.6 is 12.4 Å². The highest BCUT2D eigenvalue weighted by molar-refractivity contribution is 5.95. The highest BCUT2D eigenvalue weighted by Gasteiger charge is 2.16. The Balaban J connectivity index is 0.00000192. The van der Waals surface area contributed by atoms with Crippen molar-refractivity contribution in [2.75, 3.05) is 18.5 Å². The number of carbonyl (C=O) groups excluding carboxylic acids is 1. The maximum Gasteiger partial charge on any atom is 0.231 e. The standard InChI is InChI=1S/C18H20N2O2.ClH/c1-13(14-5-3-2-4-6-14)18(21)20-16-7-8-17-15(11-16)12-19-9-10-22-17;/h2-8,11,13,19H,9-10,12H2,1H3,(H,20,21);1H. The van der Waals surface area contributed by atoms with Gasteiger partial charge in [-0.05, 0) is 30.7 Å². The molecule has 122 valence electrons. The Hall–Kier alpha value is -2.04. The van der Waals surface area contributed by atoms with Gasteiger partial charge in [-0.15, -0.1) is 12.4 Å². The first kappa shape index (κ1) is 17.3. The van der Waals surface area contributed by atoms with Gasteiger partial charge in [0.25, 0.3) is 0 Å². The molecule has 1 unspecified atom stereocenters. The topological polar surface area (TPSA) is 50.4 Å². The molecule has 1 amide bonds. The summed E-state index contributed by atoms with van der Waals surface area (Å²) in [7, 11) is 0. The van der Waals surface area contributed by atoms with E-state index in [4.69, 9.17) is 4.74 Å². The minimum absolute atomic E-state index is 0. The third-order valence-corrected chi connectivity index (χ3v) is 3.87. The van der Waals surface area contributed by atoms with Crippen molar-refractivity contribution in [2.45, 2.75) is 19.4 Å². The normalized spacial score (nSPS) is 14.5. The van der Waals surface area contributed by atoms with Crippen LogP contribution in [-0.2, 0) is 11.3 Å². The quantitative estimate of drug-likeness (QED) is 0.906. The van der Waals surface area contributed by atoms with E-state index in [1.165, 1.54) is 0 Å². The van der Waals surface area contributed by atoms with Crippen LogP contribution in [-0.4, -0.2) is 19.1 Å².